The van der Waals surface area contributed by atoms with Crippen molar-refractivity contribution in [2.75, 3.05) is 12.4 Å². The lowest BCUT2D eigenvalue weighted by atomic mass is 10.2. The molecule has 0 aliphatic heterocycles. The Bertz CT molecular complexity index is 198. The van der Waals surface area contributed by atoms with Crippen LogP contribution in [0, 0.1) is 0 Å². The number of hydrogen-bond acceptors (Lipinski definition) is 3. The van der Waals surface area contributed by atoms with Gasteiger partial charge in [0.05, 0.1) is 12.8 Å². The van der Waals surface area contributed by atoms with Gasteiger partial charge in [0, 0.05) is 0 Å². The van der Waals surface area contributed by atoms with Crippen LogP contribution in [0.5, 0.6) is 0 Å². The van der Waals surface area contributed by atoms with E-state index in [4.69, 9.17) is 4.74 Å². The molecule has 0 bridgehead atoms. The average molecular weight is 264 g/mol. The van der Waals surface area contributed by atoms with Gasteiger partial charge in [-0.3, -0.25) is 9.18 Å². The molecule has 102 valence electrons. The maximum absolute atomic E-state index is 11.9. The summed E-state index contributed by atoms with van der Waals surface area (Å²) in [7, 11) is 0. The van der Waals surface area contributed by atoms with Crippen molar-refractivity contribution < 1.29 is 13.9 Å². The third-order valence-electron chi connectivity index (χ3n) is 2.26. The summed E-state index contributed by atoms with van der Waals surface area (Å²) in [6, 6.07) is 0. The lowest BCUT2D eigenvalue weighted by Crippen LogP contribution is -2.23. The molecular weight excluding hydrogens is 239 g/mol. The summed E-state index contributed by atoms with van der Waals surface area (Å²) in [4.78, 5) is 11.8. The molecular formula is C13H25FO2S. The van der Waals surface area contributed by atoms with Crippen LogP contribution < -0.4 is 0 Å². The van der Waals surface area contributed by atoms with Crippen molar-refractivity contribution in [3.05, 3.63) is 0 Å². The fraction of sp³-hybridized carbons (Fsp3) is 0.923. The highest BCUT2D eigenvalue weighted by Gasteiger charge is 2.20. The van der Waals surface area contributed by atoms with E-state index < -0.39 is 0 Å². The van der Waals surface area contributed by atoms with E-state index in [1.165, 1.54) is 0 Å². The van der Waals surface area contributed by atoms with Crippen LogP contribution in [0.4, 0.5) is 4.39 Å². The Kier molecular flexibility index (Phi) is 10.7. The summed E-state index contributed by atoms with van der Waals surface area (Å²) < 4.78 is 17.1. The summed E-state index contributed by atoms with van der Waals surface area (Å²) in [5, 5.41) is -0.0484. The lowest BCUT2D eigenvalue weighted by molar-refractivity contribution is -0.146. The predicted octanol–water partition coefficient (Wildman–Crippen LogP) is 3.98. The Morgan fingerprint density at radius 1 is 1.29 bits per heavy atom. The van der Waals surface area contributed by atoms with E-state index in [1.54, 1.807) is 11.8 Å². The van der Waals surface area contributed by atoms with Gasteiger partial charge < -0.3 is 4.74 Å². The van der Waals surface area contributed by atoms with Crippen LogP contribution in [0.3, 0.4) is 0 Å². The summed E-state index contributed by atoms with van der Waals surface area (Å²) >= 11 is 1.65. The molecule has 0 aromatic rings. The van der Waals surface area contributed by atoms with E-state index in [0.717, 1.165) is 31.4 Å². The second-order valence-corrected chi connectivity index (χ2v) is 5.69. The number of halogens is 1. The van der Waals surface area contributed by atoms with Crippen LogP contribution in [-0.4, -0.2) is 29.8 Å². The number of thioether (sulfide) groups is 1. The minimum atomic E-state index is -0.238. The Hall–Kier alpha value is -0.250. The van der Waals surface area contributed by atoms with E-state index in [2.05, 4.69) is 6.92 Å². The van der Waals surface area contributed by atoms with Gasteiger partial charge in [0.1, 0.15) is 5.25 Å². The van der Waals surface area contributed by atoms with Crippen LogP contribution >= 0.6 is 11.8 Å². The minimum Gasteiger partial charge on any atom is -0.462 e. The maximum atomic E-state index is 11.9. The van der Waals surface area contributed by atoms with E-state index in [0.29, 0.717) is 6.42 Å². The molecule has 0 heterocycles. The third kappa shape index (κ3) is 9.45. The molecule has 0 aliphatic rings. The van der Waals surface area contributed by atoms with E-state index in [-0.39, 0.29) is 24.0 Å². The summed E-state index contributed by atoms with van der Waals surface area (Å²) in [5.74, 6) is 0.815. The second kappa shape index (κ2) is 10.9. The van der Waals surface area contributed by atoms with Crippen molar-refractivity contribution in [2.45, 2.75) is 64.2 Å². The van der Waals surface area contributed by atoms with Gasteiger partial charge in [-0.15, -0.1) is 11.8 Å². The van der Waals surface area contributed by atoms with Crippen molar-refractivity contribution in [3.63, 3.8) is 0 Å². The fourth-order valence-electron chi connectivity index (χ4n) is 1.44. The zero-order valence-corrected chi connectivity index (χ0v) is 12.0. The Morgan fingerprint density at radius 2 is 2.00 bits per heavy atom. The number of hydrogen-bond donors (Lipinski definition) is 0. The molecule has 1 unspecified atom stereocenters. The summed E-state index contributed by atoms with van der Waals surface area (Å²) in [5.41, 5.74) is 0. The largest absolute Gasteiger partial charge is 0.462 e. The van der Waals surface area contributed by atoms with Gasteiger partial charge in [0.15, 0.2) is 0 Å². The minimum absolute atomic E-state index is 0.0472. The normalized spacial score (nSPS) is 12.8. The van der Waals surface area contributed by atoms with Gasteiger partial charge in [-0.2, -0.15) is 0 Å². The zero-order chi connectivity index (χ0) is 13.1. The number of carbonyl (C=O) groups excluding carboxylic acids is 1. The van der Waals surface area contributed by atoms with Gasteiger partial charge in [0.25, 0.3) is 0 Å². The standard InChI is InChI=1S/C13H25FO2S/c1-4-8-12(13(15)16-11(2)3)17-10-7-5-6-9-14/h11-12H,4-10H2,1-3H3. The summed E-state index contributed by atoms with van der Waals surface area (Å²) in [6.07, 6.45) is 4.31. The van der Waals surface area contributed by atoms with Crippen molar-refractivity contribution >= 4 is 17.7 Å². The van der Waals surface area contributed by atoms with Crippen molar-refractivity contribution in [1.29, 1.82) is 0 Å². The van der Waals surface area contributed by atoms with Gasteiger partial charge in [-0.05, 0) is 38.9 Å². The first kappa shape index (κ1) is 16.8. The van der Waals surface area contributed by atoms with E-state index in [1.807, 2.05) is 13.8 Å². The van der Waals surface area contributed by atoms with Crippen molar-refractivity contribution in [1.82, 2.24) is 0 Å². The quantitative estimate of drug-likeness (QED) is 0.441. The number of unbranched alkanes of at least 4 members (excludes halogenated alkanes) is 2. The molecule has 0 spiro atoms. The van der Waals surface area contributed by atoms with E-state index in [9.17, 15) is 9.18 Å². The third-order valence-corrected chi connectivity index (χ3v) is 3.62. The average Bonchev–Trinajstić information content (AvgIpc) is 2.26. The summed E-state index contributed by atoms with van der Waals surface area (Å²) in [6.45, 7) is 5.57. The molecule has 0 saturated heterocycles. The molecule has 17 heavy (non-hydrogen) atoms. The SMILES string of the molecule is CCCC(SCCCCCF)C(=O)OC(C)C. The van der Waals surface area contributed by atoms with Gasteiger partial charge >= 0.3 is 5.97 Å². The molecule has 0 aromatic heterocycles. The van der Waals surface area contributed by atoms with E-state index >= 15 is 0 Å². The predicted molar refractivity (Wildman–Crippen MR) is 72.2 cm³/mol. The first-order valence-corrected chi connectivity index (χ1v) is 7.54. The molecule has 0 amide bonds. The molecule has 4 heteroatoms. The number of carbonyl (C=O) groups is 1. The van der Waals surface area contributed by atoms with Gasteiger partial charge in [0.2, 0.25) is 0 Å². The maximum Gasteiger partial charge on any atom is 0.319 e. The molecule has 0 N–H and O–H groups in total. The Labute approximate surface area is 109 Å². The van der Waals surface area contributed by atoms with Crippen molar-refractivity contribution in [3.8, 4) is 0 Å². The second-order valence-electron chi connectivity index (χ2n) is 4.38. The van der Waals surface area contributed by atoms with Crippen LogP contribution in [0.25, 0.3) is 0 Å². The Morgan fingerprint density at radius 3 is 2.53 bits per heavy atom. The molecule has 0 aliphatic carbocycles. The smallest absolute Gasteiger partial charge is 0.319 e. The molecule has 0 aromatic carbocycles. The molecule has 2 nitrogen and oxygen atoms in total. The molecule has 0 saturated carbocycles. The van der Waals surface area contributed by atoms with Crippen LogP contribution in [0.2, 0.25) is 0 Å². The number of alkyl halides is 1. The van der Waals surface area contributed by atoms with Crippen LogP contribution in [0.15, 0.2) is 0 Å². The van der Waals surface area contributed by atoms with Crippen molar-refractivity contribution in [2.24, 2.45) is 0 Å². The number of ether oxygens (including phenoxy) is 1. The van der Waals surface area contributed by atoms with Crippen LogP contribution in [0.1, 0.15) is 52.9 Å². The highest BCUT2D eigenvalue weighted by Crippen LogP contribution is 2.20. The molecule has 0 rings (SSSR count). The monoisotopic (exact) mass is 264 g/mol. The zero-order valence-electron chi connectivity index (χ0n) is 11.2. The highest BCUT2D eigenvalue weighted by atomic mass is 32.2. The Balaban J connectivity index is 3.84. The lowest BCUT2D eigenvalue weighted by Gasteiger charge is -2.16. The topological polar surface area (TPSA) is 26.3 Å². The van der Waals surface area contributed by atoms with Crippen LogP contribution in [-0.2, 0) is 9.53 Å². The molecule has 0 radical (unpaired) electrons. The molecule has 1 atom stereocenters. The first-order chi connectivity index (χ1) is 8.11. The van der Waals surface area contributed by atoms with Gasteiger partial charge in [-0.1, -0.05) is 19.8 Å². The fourth-order valence-corrected chi connectivity index (χ4v) is 2.69. The number of esters is 1. The van der Waals surface area contributed by atoms with Gasteiger partial charge in [-0.25, -0.2) is 0 Å². The number of rotatable bonds is 10. The first-order valence-electron chi connectivity index (χ1n) is 6.49. The highest BCUT2D eigenvalue weighted by molar-refractivity contribution is 8.00. The molecule has 0 fully saturated rings.